The second-order valence-electron chi connectivity index (χ2n) is 3.20. The maximum Gasteiger partial charge on any atom is 0.0483 e. The van der Waals surface area contributed by atoms with Crippen LogP contribution in [0.25, 0.3) is 0 Å². The molecule has 1 rings (SSSR count). The number of nitrogens with two attached hydrogens (primary N) is 1. The summed E-state index contributed by atoms with van der Waals surface area (Å²) in [6.45, 7) is 5.72. The highest BCUT2D eigenvalue weighted by Gasteiger charge is 2.10. The highest BCUT2D eigenvalue weighted by molar-refractivity contribution is 7.97. The summed E-state index contributed by atoms with van der Waals surface area (Å²) >= 11 is 1.48. The van der Waals surface area contributed by atoms with Crippen LogP contribution in [-0.4, -0.2) is 29.5 Å². The molecule has 0 aliphatic carbocycles. The van der Waals surface area contributed by atoms with Crippen LogP contribution in [0.1, 0.15) is 26.7 Å². The zero-order chi connectivity index (χ0) is 9.40. The molecule has 0 radical (unpaired) electrons. The second kappa shape index (κ2) is 7.86. The first kappa shape index (κ1) is 12.2. The van der Waals surface area contributed by atoms with Crippen LogP contribution in [0.15, 0.2) is 0 Å². The Kier molecular flexibility index (Phi) is 8.01. The van der Waals surface area contributed by atoms with E-state index in [2.05, 4.69) is 5.32 Å². The van der Waals surface area contributed by atoms with Crippen LogP contribution in [0.3, 0.4) is 0 Å². The van der Waals surface area contributed by atoms with Gasteiger partial charge in [0.1, 0.15) is 0 Å². The van der Waals surface area contributed by atoms with Crippen molar-refractivity contribution in [3.05, 3.63) is 0 Å². The predicted molar refractivity (Wildman–Crippen MR) is 55.0 cm³/mol. The third-order valence-electron chi connectivity index (χ3n) is 1.44. The lowest BCUT2D eigenvalue weighted by atomic mass is 10.2. The summed E-state index contributed by atoms with van der Waals surface area (Å²) in [7, 11) is 0. The molecule has 4 N–H and O–H groups in total. The molecule has 0 aromatic carbocycles. The summed E-state index contributed by atoms with van der Waals surface area (Å²) in [6, 6.07) is 0. The van der Waals surface area contributed by atoms with Gasteiger partial charge in [-0.1, -0.05) is 11.9 Å². The summed E-state index contributed by atoms with van der Waals surface area (Å²) in [4.78, 5) is 0. The standard InChI is InChI=1S/C5H12N2S.C3H8O/c6-8-5-2-1-3-7-4-5;1-3(2)4/h5,7H,1-4,6H2;3-4H,1-2H3. The van der Waals surface area contributed by atoms with Gasteiger partial charge in [0.2, 0.25) is 0 Å². The Balaban J connectivity index is 0.000000261. The minimum absolute atomic E-state index is 0.167. The molecule has 0 amide bonds. The number of aliphatic hydroxyl groups is 1. The van der Waals surface area contributed by atoms with Gasteiger partial charge < -0.3 is 10.4 Å². The zero-order valence-electron chi connectivity index (χ0n) is 7.92. The molecule has 0 spiro atoms. The summed E-state index contributed by atoms with van der Waals surface area (Å²) < 4.78 is 0. The van der Waals surface area contributed by atoms with E-state index < -0.39 is 0 Å². The van der Waals surface area contributed by atoms with Gasteiger partial charge in [0, 0.05) is 17.9 Å². The second-order valence-corrected chi connectivity index (χ2v) is 4.14. The van der Waals surface area contributed by atoms with E-state index in [4.69, 9.17) is 10.2 Å². The van der Waals surface area contributed by atoms with Gasteiger partial charge in [-0.2, -0.15) is 0 Å². The number of piperidine rings is 1. The molecule has 1 saturated heterocycles. The van der Waals surface area contributed by atoms with E-state index in [0.29, 0.717) is 5.25 Å². The minimum Gasteiger partial charge on any atom is -0.394 e. The molecule has 0 saturated carbocycles. The third kappa shape index (κ3) is 8.33. The average molecular weight is 192 g/mol. The number of aliphatic hydroxyl groups excluding tert-OH is 1. The van der Waals surface area contributed by atoms with Crippen molar-refractivity contribution in [1.82, 2.24) is 5.32 Å². The molecule has 1 aliphatic heterocycles. The fourth-order valence-electron chi connectivity index (χ4n) is 0.936. The number of nitrogens with one attached hydrogen (secondary N) is 1. The van der Waals surface area contributed by atoms with E-state index in [-0.39, 0.29) is 6.10 Å². The molecule has 3 nitrogen and oxygen atoms in total. The quantitative estimate of drug-likeness (QED) is 0.536. The van der Waals surface area contributed by atoms with Gasteiger partial charge in [0.25, 0.3) is 0 Å². The topological polar surface area (TPSA) is 58.3 Å². The molecule has 0 aromatic rings. The number of hydrogen-bond donors (Lipinski definition) is 3. The smallest absolute Gasteiger partial charge is 0.0483 e. The van der Waals surface area contributed by atoms with Gasteiger partial charge in [-0.25, -0.2) is 0 Å². The molecule has 12 heavy (non-hydrogen) atoms. The first-order chi connectivity index (χ1) is 5.66. The molecule has 1 unspecified atom stereocenters. The van der Waals surface area contributed by atoms with Crippen molar-refractivity contribution in [2.24, 2.45) is 5.14 Å². The van der Waals surface area contributed by atoms with E-state index in [9.17, 15) is 0 Å². The lowest BCUT2D eigenvalue weighted by molar-refractivity contribution is 0.216. The van der Waals surface area contributed by atoms with Gasteiger partial charge in [-0.3, -0.25) is 5.14 Å². The van der Waals surface area contributed by atoms with E-state index in [1.54, 1.807) is 13.8 Å². The summed E-state index contributed by atoms with van der Waals surface area (Å²) in [6.07, 6.45) is 2.41. The van der Waals surface area contributed by atoms with Crippen LogP contribution in [-0.2, 0) is 0 Å². The minimum atomic E-state index is -0.167. The van der Waals surface area contributed by atoms with Crippen LogP contribution < -0.4 is 10.5 Å². The van der Waals surface area contributed by atoms with Crippen LogP contribution in [0.5, 0.6) is 0 Å². The van der Waals surface area contributed by atoms with Crippen LogP contribution in [0, 0.1) is 0 Å². The third-order valence-corrected chi connectivity index (χ3v) is 2.23. The molecule has 0 bridgehead atoms. The largest absolute Gasteiger partial charge is 0.394 e. The number of rotatable bonds is 1. The van der Waals surface area contributed by atoms with Crippen molar-refractivity contribution < 1.29 is 5.11 Å². The normalized spacial score (nSPS) is 23.2. The molecule has 1 fully saturated rings. The van der Waals surface area contributed by atoms with Crippen LogP contribution in [0.2, 0.25) is 0 Å². The fourth-order valence-corrected chi connectivity index (χ4v) is 1.45. The molecule has 1 aliphatic rings. The van der Waals surface area contributed by atoms with Gasteiger partial charge in [-0.15, -0.1) is 0 Å². The maximum atomic E-state index is 8.06. The fraction of sp³-hybridized carbons (Fsp3) is 1.00. The van der Waals surface area contributed by atoms with Gasteiger partial charge in [-0.05, 0) is 33.2 Å². The van der Waals surface area contributed by atoms with E-state index in [1.165, 1.54) is 31.3 Å². The Bertz CT molecular complexity index is 92.3. The molecule has 0 aromatic heterocycles. The molecule has 4 heteroatoms. The lowest BCUT2D eigenvalue weighted by Gasteiger charge is -2.19. The van der Waals surface area contributed by atoms with Crippen molar-refractivity contribution in [2.45, 2.75) is 38.0 Å². The molecule has 1 heterocycles. The first-order valence-corrected chi connectivity index (χ1v) is 5.35. The summed E-state index contributed by atoms with van der Waals surface area (Å²) in [5.74, 6) is 0. The Morgan fingerprint density at radius 3 is 2.42 bits per heavy atom. The van der Waals surface area contributed by atoms with Gasteiger partial charge in [0.15, 0.2) is 0 Å². The van der Waals surface area contributed by atoms with Gasteiger partial charge >= 0.3 is 0 Å². The maximum absolute atomic E-state index is 8.06. The lowest BCUT2D eigenvalue weighted by Crippen LogP contribution is -2.32. The molecular formula is C8H20N2OS. The zero-order valence-corrected chi connectivity index (χ0v) is 8.73. The average Bonchev–Trinajstić information content (AvgIpc) is 2.05. The van der Waals surface area contributed by atoms with Crippen LogP contribution in [0.4, 0.5) is 0 Å². The highest BCUT2D eigenvalue weighted by atomic mass is 32.2. The van der Waals surface area contributed by atoms with Crippen molar-refractivity contribution in [2.75, 3.05) is 13.1 Å². The van der Waals surface area contributed by atoms with Crippen LogP contribution >= 0.6 is 11.9 Å². The Morgan fingerprint density at radius 2 is 2.17 bits per heavy atom. The summed E-state index contributed by atoms with van der Waals surface area (Å²) in [5, 5.41) is 17.4. The van der Waals surface area contributed by atoms with E-state index in [0.717, 1.165) is 6.54 Å². The van der Waals surface area contributed by atoms with E-state index in [1.807, 2.05) is 0 Å². The van der Waals surface area contributed by atoms with E-state index >= 15 is 0 Å². The number of hydrogen-bond acceptors (Lipinski definition) is 4. The van der Waals surface area contributed by atoms with Crippen molar-refractivity contribution in [3.8, 4) is 0 Å². The Labute approximate surface area is 79.2 Å². The van der Waals surface area contributed by atoms with Crippen molar-refractivity contribution in [1.29, 1.82) is 0 Å². The molecule has 1 atom stereocenters. The first-order valence-electron chi connectivity index (χ1n) is 4.41. The highest BCUT2D eigenvalue weighted by Crippen LogP contribution is 2.11. The Morgan fingerprint density at radius 1 is 1.58 bits per heavy atom. The SMILES string of the molecule is CC(C)O.NSC1CCCNC1. The molecule has 74 valence electrons. The van der Waals surface area contributed by atoms with Crippen molar-refractivity contribution >= 4 is 11.9 Å². The van der Waals surface area contributed by atoms with Crippen molar-refractivity contribution in [3.63, 3.8) is 0 Å². The Hall–Kier alpha value is 0.230. The monoisotopic (exact) mass is 192 g/mol. The van der Waals surface area contributed by atoms with Gasteiger partial charge in [0.05, 0.1) is 0 Å². The summed E-state index contributed by atoms with van der Waals surface area (Å²) in [5.41, 5.74) is 0. The molecular weight excluding hydrogens is 172 g/mol. The predicted octanol–water partition coefficient (Wildman–Crippen LogP) is 0.732.